The van der Waals surface area contributed by atoms with Gasteiger partial charge < -0.3 is 61.8 Å². The second-order valence-electron chi connectivity index (χ2n) is 35.9. The number of halogens is 13. The molecular weight excluding hydrogens is 1890 g/mol. The molecule has 22 nitrogen and oxygen atoms in total. The molecule has 5 amide bonds. The van der Waals surface area contributed by atoms with Crippen LogP contribution < -0.4 is 31.3 Å². The lowest BCUT2D eigenvalue weighted by Gasteiger charge is -2.55. The van der Waals surface area contributed by atoms with Crippen LogP contribution in [0.1, 0.15) is 230 Å². The van der Waals surface area contributed by atoms with Gasteiger partial charge in [-0.15, -0.1) is 0 Å². The number of fused-ring (bicyclic) bond motifs is 11. The highest BCUT2D eigenvalue weighted by molar-refractivity contribution is 6.42. The normalized spacial score (nSPS) is 26.4. The Morgan fingerprint density at radius 1 is 0.377 bits per heavy atom. The maximum Gasteiger partial charge on any atom is 0.261 e. The van der Waals surface area contributed by atoms with E-state index in [-0.39, 0.29) is 143 Å². The van der Waals surface area contributed by atoms with E-state index < -0.39 is 122 Å². The summed E-state index contributed by atoms with van der Waals surface area (Å²) in [5.74, 6) is -6.88. The topological polar surface area (TPSA) is 344 Å². The van der Waals surface area contributed by atoms with Crippen LogP contribution in [0.2, 0.25) is 50.2 Å². The second-order valence-corrected chi connectivity index (χ2v) is 39.9. The fourth-order valence-electron chi connectivity index (χ4n) is 19.9. The minimum atomic E-state index is -2.24. The summed E-state index contributed by atoms with van der Waals surface area (Å²) >= 11 is 61.2. The average molecular weight is 1980 g/mol. The molecule has 8 aromatic carbocycles. The minimum Gasteiger partial charge on any atom is -0.497 e. The number of carbonyl (C=O) groups is 10. The number of anilines is 5. The molecule has 0 radical (unpaired) electrons. The number of ketones is 5. The van der Waals surface area contributed by atoms with E-state index in [2.05, 4.69) is 52.5 Å². The lowest BCUT2D eigenvalue weighted by atomic mass is 9.51. The Balaban J connectivity index is 0.000000125. The smallest absolute Gasteiger partial charge is 0.261 e. The Morgan fingerprint density at radius 3 is 0.985 bits per heavy atom. The molecule has 0 saturated heterocycles. The number of hydrogen-bond acceptors (Lipinski definition) is 17. The van der Waals surface area contributed by atoms with Crippen LogP contribution in [0.4, 0.5) is 41.6 Å². The van der Waals surface area contributed by atoms with Gasteiger partial charge in [0.2, 0.25) is 0 Å². The third-order valence-corrected chi connectivity index (χ3v) is 31.5. The summed E-state index contributed by atoms with van der Waals surface area (Å²) in [6.45, 7) is 2.23. The first-order valence-corrected chi connectivity index (χ1v) is 45.9. The number of benzene rings is 8. The number of nitrogens with zero attached hydrogens (tertiary/aromatic N) is 1. The summed E-state index contributed by atoms with van der Waals surface area (Å²) in [4.78, 5) is 129. The SMILES string of the molecule is CCC12CCC(C(=O)CC3(O)C(=O)Nc4c(Cl)ccc(Cl)c43)(CC1)CC2.CN(C)C12CCC(C(=O)CC3(O)C(=O)Nc4c(Cl)ccc(Cl)c43)(CC1)CC2.COc1ccc(C(=O)CC2(O)C(=O)Nc3c(Cl)ccc(Cl)c32)c(F)c1.O=C(CC1(O)C(=O)Nc2c(Cl)ccc(Cl)c21)c1ccc(C2CC2)c(F)c1.O=C(CC1(O)C(=O)Nc2c(Cl)ccc(Cl)c21)c1ccc(C2CC2)cc1F. The summed E-state index contributed by atoms with van der Waals surface area (Å²) in [6.07, 6.45) is 13.8. The second kappa shape index (κ2) is 36.2. The first-order chi connectivity index (χ1) is 61.3. The van der Waals surface area contributed by atoms with Gasteiger partial charge in [0.25, 0.3) is 29.5 Å². The fourth-order valence-corrected chi connectivity index (χ4v) is 22.5. The van der Waals surface area contributed by atoms with E-state index in [1.54, 1.807) is 36.4 Å². The largest absolute Gasteiger partial charge is 0.497 e. The summed E-state index contributed by atoms with van der Waals surface area (Å²) in [5, 5.41) is 69.5. The van der Waals surface area contributed by atoms with E-state index in [1.807, 2.05) is 0 Å². The number of Topliss-reactive ketones (excluding diaryl/α,β-unsaturated/α-hetero) is 5. The Bertz CT molecular complexity index is 6110. The molecular formula is C95H87Cl10F3N6O16. The van der Waals surface area contributed by atoms with Crippen molar-refractivity contribution in [2.24, 2.45) is 16.2 Å². The number of carbonyl (C=O) groups excluding carboxylic acids is 10. The number of amides is 5. The van der Waals surface area contributed by atoms with Gasteiger partial charge in [0.15, 0.2) is 45.4 Å². The van der Waals surface area contributed by atoms with Gasteiger partial charge in [0.05, 0.1) is 91.0 Å². The predicted octanol–water partition coefficient (Wildman–Crippen LogP) is 21.0. The van der Waals surface area contributed by atoms with Gasteiger partial charge >= 0.3 is 0 Å². The zero-order valence-corrected chi connectivity index (χ0v) is 77.8. The van der Waals surface area contributed by atoms with Crippen molar-refractivity contribution in [3.05, 3.63) is 239 Å². The average Bonchev–Trinajstić information content (AvgIpc) is 1.10. The molecule has 8 aliphatic carbocycles. The van der Waals surface area contributed by atoms with E-state index in [9.17, 15) is 86.6 Å². The zero-order valence-electron chi connectivity index (χ0n) is 70.3. The molecule has 21 rings (SSSR count). The number of aliphatic hydroxyl groups is 5. The summed E-state index contributed by atoms with van der Waals surface area (Å²) in [5.41, 5.74) is -7.94. The van der Waals surface area contributed by atoms with Crippen LogP contribution >= 0.6 is 116 Å². The number of nitrogens with one attached hydrogen (secondary N) is 5. The first kappa shape index (κ1) is 96.3. The van der Waals surface area contributed by atoms with Crippen molar-refractivity contribution in [2.75, 3.05) is 47.8 Å². The van der Waals surface area contributed by atoms with Crippen molar-refractivity contribution in [1.82, 2.24) is 4.90 Å². The number of hydrogen-bond donors (Lipinski definition) is 10. The molecule has 5 aliphatic heterocycles. The molecule has 13 aliphatic rings. The zero-order chi connectivity index (χ0) is 94.0. The Kier molecular flexibility index (Phi) is 26.8. The minimum absolute atomic E-state index is 0.00827. The molecule has 684 valence electrons. The lowest BCUT2D eigenvalue weighted by Crippen LogP contribution is -2.56. The summed E-state index contributed by atoms with van der Waals surface area (Å²) < 4.78 is 47.6. The standard InChI is InChI=1S/C20H24Cl2N2O3.C20H23Cl2NO3.2C19H14Cl2FNO3.C17H12Cl2FNO4/c1-24(2)19-8-5-18(6-9-19,7-10-19)14(25)11-20(27)15-12(21)3-4-13(22)16(15)23-17(20)26;1-2-18-5-8-19(9-6-18,10-7-18)14(24)11-20(26)15-12(21)3-4-13(22)16(15)23-17(20)25;20-12-5-6-13(21)17-16(12)19(26,18(25)23-17)8-15(24)10-3-4-11(9-1-2-9)14(22)7-10;20-12-5-6-13(21)17-16(12)19(26,18(25)23-17)8-15(24)11-4-3-10(7-14(11)22)9-1-2-9;1-25-8-2-3-9(12(20)6-8)13(22)7-17(24)14-10(18)4-5-11(19)15(14)21-16(17)23/h3-4,27H,5-11H2,1-2H3,(H,23,26);3-4,26H,2,5-11H2,1H3,(H,23,25);2*3-7,9,26H,1-2,8H2,(H,23,25);2-6,24H,7H2,1H3,(H,21,23). The molecule has 35 heteroatoms. The molecule has 8 aromatic rings. The molecule has 0 spiro atoms. The van der Waals surface area contributed by atoms with Crippen LogP contribution in [-0.2, 0) is 61.6 Å². The lowest BCUT2D eigenvalue weighted by molar-refractivity contribution is -0.150. The monoisotopic (exact) mass is 1970 g/mol. The van der Waals surface area contributed by atoms with Crippen LogP contribution in [0, 0.1) is 33.7 Å². The third kappa shape index (κ3) is 17.4. The first-order valence-electron chi connectivity index (χ1n) is 42.2. The van der Waals surface area contributed by atoms with Gasteiger partial charge in [-0.05, 0) is 236 Å². The molecule has 5 heterocycles. The molecule has 8 saturated carbocycles. The molecule has 130 heavy (non-hydrogen) atoms. The molecule has 5 atom stereocenters. The molecule has 4 bridgehead atoms. The van der Waals surface area contributed by atoms with Gasteiger partial charge in [-0.2, -0.15) is 0 Å². The van der Waals surface area contributed by atoms with E-state index >= 15 is 0 Å². The maximum absolute atomic E-state index is 14.4. The molecule has 10 N–H and O–H groups in total. The van der Waals surface area contributed by atoms with Crippen molar-refractivity contribution >= 4 is 203 Å². The maximum atomic E-state index is 14.4. The van der Waals surface area contributed by atoms with Crippen LogP contribution in [0.15, 0.2) is 115 Å². The Labute approximate surface area is 795 Å². The number of methoxy groups -OCH3 is 1. The Hall–Kier alpha value is -8.29. The van der Waals surface area contributed by atoms with E-state index in [0.29, 0.717) is 38.3 Å². The van der Waals surface area contributed by atoms with Crippen LogP contribution in [0.5, 0.6) is 5.75 Å². The molecule has 0 aromatic heterocycles. The summed E-state index contributed by atoms with van der Waals surface area (Å²) in [6, 6.07) is 27.4. The molecule has 8 fully saturated rings. The van der Waals surface area contributed by atoms with Crippen molar-refractivity contribution in [2.45, 2.75) is 194 Å². The van der Waals surface area contributed by atoms with Crippen LogP contribution in [0.3, 0.4) is 0 Å². The Morgan fingerprint density at radius 2 is 0.685 bits per heavy atom. The molecule has 5 unspecified atom stereocenters. The highest BCUT2D eigenvalue weighted by Gasteiger charge is 2.60. The van der Waals surface area contributed by atoms with Gasteiger partial charge in [-0.3, -0.25) is 47.9 Å². The van der Waals surface area contributed by atoms with Crippen LogP contribution in [-0.4, -0.2) is 116 Å². The number of rotatable bonds is 20. The van der Waals surface area contributed by atoms with Crippen molar-refractivity contribution < 1.29 is 91.4 Å². The quantitative estimate of drug-likeness (QED) is 0.0317. The van der Waals surface area contributed by atoms with E-state index in [1.165, 1.54) is 73.8 Å². The van der Waals surface area contributed by atoms with Gasteiger partial charge in [0, 0.05) is 93.8 Å². The van der Waals surface area contributed by atoms with Crippen molar-refractivity contribution in [3.63, 3.8) is 0 Å². The highest BCUT2D eigenvalue weighted by Crippen LogP contribution is 2.62. The van der Waals surface area contributed by atoms with Gasteiger partial charge in [-0.25, -0.2) is 13.2 Å². The highest BCUT2D eigenvalue weighted by atomic mass is 35.5. The fraction of sp³-hybridized carbons (Fsp3) is 0.389. The van der Waals surface area contributed by atoms with Crippen molar-refractivity contribution in [3.8, 4) is 5.75 Å². The van der Waals surface area contributed by atoms with E-state index in [4.69, 9.17) is 121 Å². The third-order valence-electron chi connectivity index (χ3n) is 28.4. The van der Waals surface area contributed by atoms with E-state index in [0.717, 1.165) is 127 Å². The van der Waals surface area contributed by atoms with Gasteiger partial charge in [-0.1, -0.05) is 148 Å². The van der Waals surface area contributed by atoms with Crippen molar-refractivity contribution in [1.29, 1.82) is 0 Å². The number of ether oxygens (including phenoxy) is 1. The summed E-state index contributed by atoms with van der Waals surface area (Å²) in [7, 11) is 5.58. The predicted molar refractivity (Wildman–Crippen MR) is 490 cm³/mol. The van der Waals surface area contributed by atoms with Crippen LogP contribution in [0.25, 0.3) is 0 Å². The van der Waals surface area contributed by atoms with Gasteiger partial charge in [0.1, 0.15) is 34.8 Å².